The molecular formula is C24H23F3N2O4. The first kappa shape index (κ1) is 23.0. The molecule has 1 aromatic carbocycles. The Morgan fingerprint density at radius 2 is 2.00 bits per heavy atom. The van der Waals surface area contributed by atoms with Gasteiger partial charge in [-0.2, -0.15) is 0 Å². The molecule has 1 aliphatic carbocycles. The van der Waals surface area contributed by atoms with Gasteiger partial charge in [-0.1, -0.05) is 18.2 Å². The second kappa shape index (κ2) is 8.97. The molecule has 33 heavy (non-hydrogen) atoms. The van der Waals surface area contributed by atoms with Crippen LogP contribution in [0.15, 0.2) is 59.9 Å². The molecule has 174 valence electrons. The van der Waals surface area contributed by atoms with Crippen molar-refractivity contribution < 1.29 is 32.5 Å². The van der Waals surface area contributed by atoms with Crippen molar-refractivity contribution in [2.75, 3.05) is 7.11 Å². The van der Waals surface area contributed by atoms with Gasteiger partial charge >= 0.3 is 12.3 Å². The molecule has 2 aromatic rings. The number of ether oxygens (including phenoxy) is 2. The zero-order valence-corrected chi connectivity index (χ0v) is 17.9. The SMILES string of the molecule is COC1(CCc2ccc(OC(F)(F)F)cc2)CC=C(c2cccnc2)N=C1[C@H]1C[C@@H]1C(=O)O. The number of aliphatic imine (C=N–C) groups is 1. The molecule has 0 saturated heterocycles. The predicted octanol–water partition coefficient (Wildman–Crippen LogP) is 4.90. The normalized spacial score (nSPS) is 24.6. The topological polar surface area (TPSA) is 81.0 Å². The number of benzene rings is 1. The van der Waals surface area contributed by atoms with E-state index in [0.717, 1.165) is 16.8 Å². The fraction of sp³-hybridized carbons (Fsp3) is 0.375. The van der Waals surface area contributed by atoms with Gasteiger partial charge in [0.2, 0.25) is 0 Å². The first-order valence-corrected chi connectivity index (χ1v) is 10.5. The van der Waals surface area contributed by atoms with Crippen molar-refractivity contribution in [3.63, 3.8) is 0 Å². The number of hydrogen-bond donors (Lipinski definition) is 1. The van der Waals surface area contributed by atoms with Gasteiger partial charge in [0.1, 0.15) is 11.4 Å². The number of aliphatic carboxylic acids is 1. The number of aromatic nitrogens is 1. The van der Waals surface area contributed by atoms with Crippen LogP contribution in [-0.2, 0) is 16.0 Å². The zero-order valence-electron chi connectivity index (χ0n) is 17.9. The molecule has 3 atom stereocenters. The molecular weight excluding hydrogens is 437 g/mol. The van der Waals surface area contributed by atoms with Crippen molar-refractivity contribution in [2.24, 2.45) is 16.8 Å². The summed E-state index contributed by atoms with van der Waals surface area (Å²) in [5.41, 5.74) is 2.30. The summed E-state index contributed by atoms with van der Waals surface area (Å²) < 4.78 is 47.1. The van der Waals surface area contributed by atoms with Crippen LogP contribution in [0.3, 0.4) is 0 Å². The fourth-order valence-electron chi connectivity index (χ4n) is 4.26. The average molecular weight is 460 g/mol. The van der Waals surface area contributed by atoms with Gasteiger partial charge < -0.3 is 14.6 Å². The van der Waals surface area contributed by atoms with Crippen LogP contribution < -0.4 is 4.74 Å². The Hall–Kier alpha value is -3.20. The monoisotopic (exact) mass is 460 g/mol. The third kappa shape index (κ3) is 5.24. The summed E-state index contributed by atoms with van der Waals surface area (Å²) in [5, 5.41) is 9.48. The standard InChI is InChI=1S/C24H23F3N2O4/c1-32-23(10-8-15-4-6-17(7-5-15)33-24(25,26)27)11-9-20(16-3-2-12-28-14-16)29-21(23)18-13-19(18)22(30)31/h2-7,9,12,14,18-19H,8,10-11,13H2,1H3,(H,30,31)/t18-,19-,23?/m0/s1. The number of methoxy groups -OCH3 is 1. The number of carboxylic acid groups (broad SMARTS) is 1. The van der Waals surface area contributed by atoms with Crippen LogP contribution >= 0.6 is 0 Å². The van der Waals surface area contributed by atoms with Gasteiger partial charge in [-0.05, 0) is 49.1 Å². The van der Waals surface area contributed by atoms with Crippen molar-refractivity contribution in [1.82, 2.24) is 4.98 Å². The number of alkyl halides is 3. The number of halogens is 3. The van der Waals surface area contributed by atoms with Crippen LogP contribution in [0.5, 0.6) is 5.75 Å². The summed E-state index contributed by atoms with van der Waals surface area (Å²) in [6.45, 7) is 0. The molecule has 9 heteroatoms. The molecule has 2 aliphatic rings. The van der Waals surface area contributed by atoms with Gasteiger partial charge in [0.15, 0.2) is 0 Å². The minimum Gasteiger partial charge on any atom is -0.481 e. The summed E-state index contributed by atoms with van der Waals surface area (Å²) in [6, 6.07) is 9.43. The maximum Gasteiger partial charge on any atom is 0.573 e. The molecule has 0 bridgehead atoms. The smallest absolute Gasteiger partial charge is 0.481 e. The van der Waals surface area contributed by atoms with E-state index in [0.29, 0.717) is 31.4 Å². The first-order valence-electron chi connectivity index (χ1n) is 10.5. The molecule has 0 spiro atoms. The highest BCUT2D eigenvalue weighted by atomic mass is 19.4. The highest BCUT2D eigenvalue weighted by Gasteiger charge is 2.53. The van der Waals surface area contributed by atoms with Crippen molar-refractivity contribution >= 4 is 17.4 Å². The summed E-state index contributed by atoms with van der Waals surface area (Å²) in [6.07, 6.45) is 2.62. The van der Waals surface area contributed by atoms with Crippen molar-refractivity contribution in [3.05, 3.63) is 66.0 Å². The lowest BCUT2D eigenvalue weighted by atomic mass is 9.81. The van der Waals surface area contributed by atoms with Gasteiger partial charge in [-0.25, -0.2) is 0 Å². The van der Waals surface area contributed by atoms with Gasteiger partial charge in [0, 0.05) is 37.4 Å². The van der Waals surface area contributed by atoms with E-state index in [1.807, 2.05) is 18.2 Å². The summed E-state index contributed by atoms with van der Waals surface area (Å²) in [7, 11) is 1.58. The summed E-state index contributed by atoms with van der Waals surface area (Å²) >= 11 is 0. The minimum absolute atomic E-state index is 0.217. The lowest BCUT2D eigenvalue weighted by Gasteiger charge is -2.36. The van der Waals surface area contributed by atoms with E-state index in [9.17, 15) is 23.1 Å². The Bertz CT molecular complexity index is 1070. The van der Waals surface area contributed by atoms with E-state index in [1.165, 1.54) is 12.1 Å². The molecule has 0 amide bonds. The average Bonchev–Trinajstić information content (AvgIpc) is 3.59. The maximum atomic E-state index is 12.4. The number of aryl methyl sites for hydroxylation is 1. The molecule has 1 saturated carbocycles. The maximum absolute atomic E-state index is 12.4. The van der Waals surface area contributed by atoms with Crippen molar-refractivity contribution in [2.45, 2.75) is 37.6 Å². The van der Waals surface area contributed by atoms with Crippen LogP contribution in [0.25, 0.3) is 5.70 Å². The van der Waals surface area contributed by atoms with Crippen molar-refractivity contribution in [3.8, 4) is 5.75 Å². The molecule has 6 nitrogen and oxygen atoms in total. The summed E-state index contributed by atoms with van der Waals surface area (Å²) in [5.74, 6) is -1.85. The quantitative estimate of drug-likeness (QED) is 0.606. The Labute approximate surface area is 188 Å². The van der Waals surface area contributed by atoms with E-state index in [-0.39, 0.29) is 11.7 Å². The molecule has 1 aliphatic heterocycles. The molecule has 1 fully saturated rings. The number of hydrogen-bond acceptors (Lipinski definition) is 5. The molecule has 1 aromatic heterocycles. The number of nitrogens with zero attached hydrogens (tertiary/aromatic N) is 2. The second-order valence-electron chi connectivity index (χ2n) is 8.21. The van der Waals surface area contributed by atoms with E-state index in [4.69, 9.17) is 9.73 Å². The summed E-state index contributed by atoms with van der Waals surface area (Å²) in [4.78, 5) is 20.5. The van der Waals surface area contributed by atoms with Crippen molar-refractivity contribution in [1.29, 1.82) is 0 Å². The first-order chi connectivity index (χ1) is 15.7. The fourth-order valence-corrected chi connectivity index (χ4v) is 4.26. The lowest BCUT2D eigenvalue weighted by molar-refractivity contribution is -0.274. The Morgan fingerprint density at radius 1 is 1.24 bits per heavy atom. The predicted molar refractivity (Wildman–Crippen MR) is 115 cm³/mol. The largest absolute Gasteiger partial charge is 0.573 e. The highest BCUT2D eigenvalue weighted by Crippen LogP contribution is 2.47. The Morgan fingerprint density at radius 3 is 2.58 bits per heavy atom. The van der Waals surface area contributed by atoms with Gasteiger partial charge in [0.05, 0.1) is 17.3 Å². The molecule has 0 radical (unpaired) electrons. The molecule has 1 N–H and O–H groups in total. The number of carboxylic acids is 1. The third-order valence-electron chi connectivity index (χ3n) is 6.11. The van der Waals surface area contributed by atoms with Gasteiger partial charge in [-0.15, -0.1) is 13.2 Å². The van der Waals surface area contributed by atoms with Crippen LogP contribution in [0.4, 0.5) is 13.2 Å². The van der Waals surface area contributed by atoms with Gasteiger partial charge in [-0.3, -0.25) is 14.8 Å². The van der Waals surface area contributed by atoms with Crippen LogP contribution in [0, 0.1) is 11.8 Å². The number of pyridine rings is 1. The van der Waals surface area contributed by atoms with Gasteiger partial charge in [0.25, 0.3) is 0 Å². The van der Waals surface area contributed by atoms with E-state index >= 15 is 0 Å². The third-order valence-corrected chi connectivity index (χ3v) is 6.11. The van der Waals surface area contributed by atoms with Crippen LogP contribution in [-0.4, -0.2) is 40.8 Å². The lowest BCUT2D eigenvalue weighted by Crippen LogP contribution is -2.44. The minimum atomic E-state index is -4.74. The van der Waals surface area contributed by atoms with E-state index in [2.05, 4.69) is 9.72 Å². The van der Waals surface area contributed by atoms with Crippen LogP contribution in [0.2, 0.25) is 0 Å². The molecule has 2 heterocycles. The second-order valence-corrected chi connectivity index (χ2v) is 8.21. The zero-order chi connectivity index (χ0) is 23.6. The van der Waals surface area contributed by atoms with E-state index in [1.54, 1.807) is 31.6 Å². The molecule has 4 rings (SSSR count). The number of rotatable bonds is 8. The number of carbonyl (C=O) groups is 1. The Balaban J connectivity index is 1.55. The highest BCUT2D eigenvalue weighted by molar-refractivity contribution is 6.04. The molecule has 1 unspecified atom stereocenters. The van der Waals surface area contributed by atoms with E-state index < -0.39 is 23.9 Å². The Kier molecular flexibility index (Phi) is 6.25. The van der Waals surface area contributed by atoms with Crippen LogP contribution in [0.1, 0.15) is 30.4 Å².